The van der Waals surface area contributed by atoms with Gasteiger partial charge in [0.1, 0.15) is 18.4 Å². The highest BCUT2D eigenvalue weighted by Crippen LogP contribution is 2.31. The Hall–Kier alpha value is -3.26. The number of nitrogens with zero attached hydrogens (tertiary/aromatic N) is 1. The first-order valence-electron chi connectivity index (χ1n) is 10.7. The number of rotatable bonds is 9. The van der Waals surface area contributed by atoms with E-state index in [0.717, 1.165) is 23.5 Å². The lowest BCUT2D eigenvalue weighted by atomic mass is 10.00. The number of likely N-dealkylation sites (N-methyl/N-ethyl adjacent to an activating group) is 1. The van der Waals surface area contributed by atoms with Gasteiger partial charge in [0.2, 0.25) is 5.91 Å². The van der Waals surface area contributed by atoms with E-state index in [9.17, 15) is 14.4 Å². The number of esters is 1. The van der Waals surface area contributed by atoms with E-state index in [1.54, 1.807) is 38.3 Å². The zero-order valence-corrected chi connectivity index (χ0v) is 19.9. The maximum Gasteiger partial charge on any atom is 0.328 e. The lowest BCUT2D eigenvalue weighted by Gasteiger charge is -2.29. The summed E-state index contributed by atoms with van der Waals surface area (Å²) < 4.78 is 10.5. The second kappa shape index (κ2) is 12.1. The largest absolute Gasteiger partial charge is 0.497 e. The minimum atomic E-state index is -0.778. The van der Waals surface area contributed by atoms with Gasteiger partial charge < -0.3 is 25.0 Å². The van der Waals surface area contributed by atoms with Crippen molar-refractivity contribution >= 4 is 41.6 Å². The Balaban J connectivity index is 0.00000385. The zero-order chi connectivity index (χ0) is 23.1. The van der Waals surface area contributed by atoms with Gasteiger partial charge in [0, 0.05) is 29.9 Å². The topological polar surface area (TPSA) is 97.0 Å². The second-order valence-electron chi connectivity index (χ2n) is 7.52. The molecule has 2 aromatic rings. The molecule has 33 heavy (non-hydrogen) atoms. The van der Waals surface area contributed by atoms with Gasteiger partial charge in [-0.3, -0.25) is 9.59 Å². The van der Waals surface area contributed by atoms with Crippen LogP contribution in [0.5, 0.6) is 5.75 Å². The third-order valence-corrected chi connectivity index (χ3v) is 5.41. The SMILES string of the molecule is CCN(CCOC(=O)[C@H](C)NC(=O)c1ccc(OC)cc1)c1cccc2c1CCC(=O)N2.Cl. The molecule has 0 saturated carbocycles. The predicted octanol–water partition coefficient (Wildman–Crippen LogP) is 3.19. The molecule has 2 aromatic carbocycles. The van der Waals surface area contributed by atoms with E-state index in [0.29, 0.717) is 30.7 Å². The smallest absolute Gasteiger partial charge is 0.328 e. The molecule has 0 bridgehead atoms. The van der Waals surface area contributed by atoms with Gasteiger partial charge in [-0.05, 0) is 62.2 Å². The zero-order valence-electron chi connectivity index (χ0n) is 19.1. The highest BCUT2D eigenvalue weighted by molar-refractivity contribution is 5.97. The van der Waals surface area contributed by atoms with Crippen LogP contribution in [0.1, 0.15) is 36.2 Å². The Labute approximate surface area is 200 Å². The Morgan fingerprint density at radius 3 is 2.55 bits per heavy atom. The summed E-state index contributed by atoms with van der Waals surface area (Å²) in [4.78, 5) is 38.5. The van der Waals surface area contributed by atoms with Crippen molar-refractivity contribution in [1.29, 1.82) is 0 Å². The van der Waals surface area contributed by atoms with E-state index in [1.807, 2.05) is 25.1 Å². The first-order chi connectivity index (χ1) is 15.4. The number of hydrogen-bond donors (Lipinski definition) is 2. The number of carbonyl (C=O) groups is 3. The van der Waals surface area contributed by atoms with Gasteiger partial charge in [-0.15, -0.1) is 12.4 Å². The molecular weight excluding hydrogens is 446 g/mol. The number of amides is 2. The van der Waals surface area contributed by atoms with Crippen LogP contribution in [0.3, 0.4) is 0 Å². The quantitative estimate of drug-likeness (QED) is 0.541. The van der Waals surface area contributed by atoms with Crippen molar-refractivity contribution in [3.8, 4) is 5.75 Å². The molecule has 1 heterocycles. The number of nitrogens with one attached hydrogen (secondary N) is 2. The molecule has 0 saturated heterocycles. The molecular formula is C24H30ClN3O5. The Morgan fingerprint density at radius 1 is 1.15 bits per heavy atom. The normalized spacial score (nSPS) is 13.0. The van der Waals surface area contributed by atoms with E-state index in [4.69, 9.17) is 9.47 Å². The van der Waals surface area contributed by atoms with Crippen LogP contribution >= 0.6 is 12.4 Å². The number of halogens is 1. The number of ether oxygens (including phenoxy) is 2. The van der Waals surface area contributed by atoms with Crippen LogP contribution in [-0.2, 0) is 20.7 Å². The van der Waals surface area contributed by atoms with E-state index in [1.165, 1.54) is 0 Å². The van der Waals surface area contributed by atoms with E-state index in [-0.39, 0.29) is 30.8 Å². The molecule has 2 N–H and O–H groups in total. The van der Waals surface area contributed by atoms with E-state index in [2.05, 4.69) is 15.5 Å². The molecule has 2 amide bonds. The van der Waals surface area contributed by atoms with Gasteiger partial charge in [-0.25, -0.2) is 4.79 Å². The van der Waals surface area contributed by atoms with Gasteiger partial charge >= 0.3 is 5.97 Å². The van der Waals surface area contributed by atoms with Crippen LogP contribution in [0.15, 0.2) is 42.5 Å². The number of methoxy groups -OCH3 is 1. The van der Waals surface area contributed by atoms with Crippen molar-refractivity contribution in [2.45, 2.75) is 32.7 Å². The lowest BCUT2D eigenvalue weighted by Crippen LogP contribution is -2.40. The molecule has 0 aliphatic carbocycles. The minimum Gasteiger partial charge on any atom is -0.497 e. The number of carbonyl (C=O) groups excluding carboxylic acids is 3. The molecule has 178 valence electrons. The Kier molecular flexibility index (Phi) is 9.54. The lowest BCUT2D eigenvalue weighted by molar-refractivity contribution is -0.145. The second-order valence-corrected chi connectivity index (χ2v) is 7.52. The van der Waals surface area contributed by atoms with Crippen molar-refractivity contribution < 1.29 is 23.9 Å². The molecule has 8 nitrogen and oxygen atoms in total. The van der Waals surface area contributed by atoms with Crippen LogP contribution in [-0.4, -0.2) is 50.6 Å². The maximum atomic E-state index is 12.4. The summed E-state index contributed by atoms with van der Waals surface area (Å²) in [6.07, 6.45) is 1.14. The summed E-state index contributed by atoms with van der Waals surface area (Å²) in [6.45, 7) is 5.04. The molecule has 0 spiro atoms. The van der Waals surface area contributed by atoms with Crippen LogP contribution in [0.2, 0.25) is 0 Å². The third kappa shape index (κ3) is 6.61. The molecule has 0 aromatic heterocycles. The molecule has 1 atom stereocenters. The first kappa shape index (κ1) is 26.0. The fourth-order valence-corrected chi connectivity index (χ4v) is 3.61. The summed E-state index contributed by atoms with van der Waals surface area (Å²) in [5, 5.41) is 5.56. The summed E-state index contributed by atoms with van der Waals surface area (Å²) >= 11 is 0. The Bertz CT molecular complexity index is 981. The van der Waals surface area contributed by atoms with Gasteiger partial charge in [-0.2, -0.15) is 0 Å². The number of anilines is 2. The predicted molar refractivity (Wildman–Crippen MR) is 129 cm³/mol. The standard InChI is InChI=1S/C24H29N3O5.ClH/c1-4-27(21-7-5-6-20-19(21)12-13-22(28)26-20)14-15-32-24(30)16(2)25-23(29)17-8-10-18(31-3)11-9-17;/h5-11,16H,4,12-15H2,1-3H3,(H,25,29)(H,26,28);1H/t16-;/m0./s1. The molecule has 0 fully saturated rings. The third-order valence-electron chi connectivity index (χ3n) is 5.41. The van der Waals surface area contributed by atoms with Crippen molar-refractivity contribution in [2.24, 2.45) is 0 Å². The fraction of sp³-hybridized carbons (Fsp3) is 0.375. The van der Waals surface area contributed by atoms with Gasteiger partial charge in [0.15, 0.2) is 0 Å². The Morgan fingerprint density at radius 2 is 1.88 bits per heavy atom. The van der Waals surface area contributed by atoms with E-state index < -0.39 is 12.0 Å². The van der Waals surface area contributed by atoms with Crippen LogP contribution < -0.4 is 20.3 Å². The van der Waals surface area contributed by atoms with Gasteiger partial charge in [-0.1, -0.05) is 6.07 Å². The first-order valence-corrected chi connectivity index (χ1v) is 10.7. The summed E-state index contributed by atoms with van der Waals surface area (Å²) in [5.74, 6) is -0.177. The highest BCUT2D eigenvalue weighted by Gasteiger charge is 2.21. The molecule has 0 radical (unpaired) electrons. The minimum absolute atomic E-state index is 0. The summed E-state index contributed by atoms with van der Waals surface area (Å²) in [7, 11) is 1.55. The van der Waals surface area contributed by atoms with Crippen molar-refractivity contribution in [1.82, 2.24) is 5.32 Å². The van der Waals surface area contributed by atoms with E-state index >= 15 is 0 Å². The molecule has 1 aliphatic heterocycles. The van der Waals surface area contributed by atoms with Gasteiger partial charge in [0.25, 0.3) is 5.91 Å². The highest BCUT2D eigenvalue weighted by atomic mass is 35.5. The molecule has 0 unspecified atom stereocenters. The summed E-state index contributed by atoms with van der Waals surface area (Å²) in [6, 6.07) is 11.7. The van der Waals surface area contributed by atoms with Crippen molar-refractivity contribution in [3.63, 3.8) is 0 Å². The number of fused-ring (bicyclic) bond motifs is 1. The van der Waals surface area contributed by atoms with Crippen LogP contribution in [0, 0.1) is 0 Å². The fourth-order valence-electron chi connectivity index (χ4n) is 3.61. The van der Waals surface area contributed by atoms with Crippen molar-refractivity contribution in [2.75, 3.05) is 37.0 Å². The summed E-state index contributed by atoms with van der Waals surface area (Å²) in [5.41, 5.74) is 3.40. The monoisotopic (exact) mass is 475 g/mol. The molecule has 3 rings (SSSR count). The van der Waals surface area contributed by atoms with Crippen LogP contribution in [0.25, 0.3) is 0 Å². The van der Waals surface area contributed by atoms with Gasteiger partial charge in [0.05, 0.1) is 13.7 Å². The van der Waals surface area contributed by atoms with Crippen LogP contribution in [0.4, 0.5) is 11.4 Å². The number of hydrogen-bond acceptors (Lipinski definition) is 6. The average Bonchev–Trinajstić information content (AvgIpc) is 2.81. The molecule has 1 aliphatic rings. The average molecular weight is 476 g/mol. The number of benzene rings is 2. The maximum absolute atomic E-state index is 12.4. The van der Waals surface area contributed by atoms with Crippen molar-refractivity contribution in [3.05, 3.63) is 53.6 Å². The molecule has 9 heteroatoms.